The molecule has 0 amide bonds. The van der Waals surface area contributed by atoms with Crippen LogP contribution in [0.1, 0.15) is 12.8 Å². The van der Waals surface area contributed by atoms with Gasteiger partial charge in [0.2, 0.25) is 0 Å². The van der Waals surface area contributed by atoms with Crippen molar-refractivity contribution < 1.29 is 0 Å². The summed E-state index contributed by atoms with van der Waals surface area (Å²) in [6.07, 6.45) is 2.61. The normalized spacial score (nSPS) is 14.1. The standard InChI is InChI=1S/C19H18IN3S/c20-15-5-7-16(8-6-15)21-19-22-18(13-24-19)14-3-9-17(10-4-14)23-11-1-2-12-23/h3-10,13H,1-2,11-12H2,(H,21,22). The second kappa shape index (κ2) is 7.11. The first-order chi connectivity index (χ1) is 11.8. The molecule has 5 heteroatoms. The number of hydrogen-bond donors (Lipinski definition) is 1. The lowest BCUT2D eigenvalue weighted by molar-refractivity contribution is 0.949. The number of aromatic nitrogens is 1. The van der Waals surface area contributed by atoms with E-state index in [2.05, 4.69) is 86.7 Å². The van der Waals surface area contributed by atoms with Gasteiger partial charge >= 0.3 is 0 Å². The minimum atomic E-state index is 0.926. The summed E-state index contributed by atoms with van der Waals surface area (Å²) in [5.74, 6) is 0. The van der Waals surface area contributed by atoms with Crippen LogP contribution in [0.4, 0.5) is 16.5 Å². The van der Waals surface area contributed by atoms with Gasteiger partial charge in [-0.05, 0) is 71.8 Å². The zero-order chi connectivity index (χ0) is 16.4. The van der Waals surface area contributed by atoms with E-state index in [9.17, 15) is 0 Å². The summed E-state index contributed by atoms with van der Waals surface area (Å²) in [7, 11) is 0. The largest absolute Gasteiger partial charge is 0.372 e. The number of nitrogens with zero attached hydrogens (tertiary/aromatic N) is 2. The molecule has 1 aliphatic heterocycles. The zero-order valence-electron chi connectivity index (χ0n) is 13.2. The molecule has 1 N–H and O–H groups in total. The van der Waals surface area contributed by atoms with Crippen LogP contribution in [0.25, 0.3) is 11.3 Å². The Kier molecular flexibility index (Phi) is 4.71. The van der Waals surface area contributed by atoms with Crippen LogP contribution in [0.15, 0.2) is 53.9 Å². The number of anilines is 3. The Morgan fingerprint density at radius 3 is 2.38 bits per heavy atom. The molecular formula is C19H18IN3S. The summed E-state index contributed by atoms with van der Waals surface area (Å²) >= 11 is 3.95. The quantitative estimate of drug-likeness (QED) is 0.516. The Morgan fingerprint density at radius 1 is 0.958 bits per heavy atom. The molecule has 0 spiro atoms. The summed E-state index contributed by atoms with van der Waals surface area (Å²) in [5, 5.41) is 6.41. The predicted molar refractivity (Wildman–Crippen MR) is 111 cm³/mol. The van der Waals surface area contributed by atoms with E-state index in [-0.39, 0.29) is 0 Å². The van der Waals surface area contributed by atoms with E-state index in [0.29, 0.717) is 0 Å². The van der Waals surface area contributed by atoms with Gasteiger partial charge in [0.15, 0.2) is 5.13 Å². The van der Waals surface area contributed by atoms with Crippen molar-refractivity contribution in [1.82, 2.24) is 4.98 Å². The van der Waals surface area contributed by atoms with Crippen molar-refractivity contribution in [2.75, 3.05) is 23.3 Å². The maximum Gasteiger partial charge on any atom is 0.187 e. The molecule has 0 atom stereocenters. The van der Waals surface area contributed by atoms with Gasteiger partial charge in [-0.2, -0.15) is 0 Å². The number of hydrogen-bond acceptors (Lipinski definition) is 4. The third-order valence-corrected chi connectivity index (χ3v) is 5.71. The fraction of sp³-hybridized carbons (Fsp3) is 0.211. The molecule has 1 aliphatic rings. The molecule has 3 aromatic rings. The topological polar surface area (TPSA) is 28.2 Å². The maximum absolute atomic E-state index is 4.72. The fourth-order valence-corrected chi connectivity index (χ4v) is 4.04. The van der Waals surface area contributed by atoms with Crippen molar-refractivity contribution in [2.24, 2.45) is 0 Å². The van der Waals surface area contributed by atoms with Crippen molar-refractivity contribution in [3.8, 4) is 11.3 Å². The van der Waals surface area contributed by atoms with Crippen LogP contribution >= 0.6 is 33.9 Å². The van der Waals surface area contributed by atoms with Gasteiger partial charge in [0.25, 0.3) is 0 Å². The maximum atomic E-state index is 4.72. The number of benzene rings is 2. The summed E-state index contributed by atoms with van der Waals surface area (Å²) in [5.41, 5.74) is 4.59. The van der Waals surface area contributed by atoms with E-state index in [1.54, 1.807) is 11.3 Å². The van der Waals surface area contributed by atoms with E-state index >= 15 is 0 Å². The lowest BCUT2D eigenvalue weighted by Gasteiger charge is -2.17. The van der Waals surface area contributed by atoms with E-state index in [4.69, 9.17) is 4.98 Å². The third-order valence-electron chi connectivity index (χ3n) is 4.23. The van der Waals surface area contributed by atoms with Gasteiger partial charge < -0.3 is 10.2 Å². The summed E-state index contributed by atoms with van der Waals surface area (Å²) in [4.78, 5) is 7.17. The van der Waals surface area contributed by atoms with Crippen LogP contribution in [0, 0.1) is 3.57 Å². The van der Waals surface area contributed by atoms with Crippen LogP contribution in [-0.2, 0) is 0 Å². The van der Waals surface area contributed by atoms with Gasteiger partial charge in [-0.25, -0.2) is 4.98 Å². The molecule has 1 aromatic heterocycles. The molecule has 4 rings (SSSR count). The highest BCUT2D eigenvalue weighted by molar-refractivity contribution is 14.1. The first kappa shape index (κ1) is 15.9. The molecule has 0 unspecified atom stereocenters. The smallest absolute Gasteiger partial charge is 0.187 e. The molecule has 122 valence electrons. The van der Waals surface area contributed by atoms with Crippen LogP contribution < -0.4 is 10.2 Å². The molecule has 0 radical (unpaired) electrons. The van der Waals surface area contributed by atoms with Crippen LogP contribution in [0.2, 0.25) is 0 Å². The molecule has 3 nitrogen and oxygen atoms in total. The van der Waals surface area contributed by atoms with Crippen molar-refractivity contribution in [3.63, 3.8) is 0 Å². The summed E-state index contributed by atoms with van der Waals surface area (Å²) in [6, 6.07) is 17.1. The number of rotatable bonds is 4. The second-order valence-electron chi connectivity index (χ2n) is 5.91. The van der Waals surface area contributed by atoms with Gasteiger partial charge in [0, 0.05) is 39.0 Å². The van der Waals surface area contributed by atoms with Gasteiger partial charge in [-0.15, -0.1) is 11.3 Å². The molecule has 0 aliphatic carbocycles. The first-order valence-corrected chi connectivity index (χ1v) is 10.1. The fourth-order valence-electron chi connectivity index (χ4n) is 2.94. The third kappa shape index (κ3) is 3.57. The molecule has 1 fully saturated rings. The lowest BCUT2D eigenvalue weighted by Crippen LogP contribution is -2.17. The van der Waals surface area contributed by atoms with Crippen molar-refractivity contribution in [1.29, 1.82) is 0 Å². The minimum absolute atomic E-state index is 0.926. The molecule has 1 saturated heterocycles. The average Bonchev–Trinajstić information content (AvgIpc) is 3.29. The number of halogens is 1. The molecule has 0 saturated carbocycles. The SMILES string of the molecule is Ic1ccc(Nc2nc(-c3ccc(N4CCCC4)cc3)cs2)cc1. The Bertz CT molecular complexity index is 805. The number of thiazole rings is 1. The highest BCUT2D eigenvalue weighted by atomic mass is 127. The van der Waals surface area contributed by atoms with E-state index in [0.717, 1.165) is 16.5 Å². The second-order valence-corrected chi connectivity index (χ2v) is 8.01. The van der Waals surface area contributed by atoms with Gasteiger partial charge in [0.05, 0.1) is 5.69 Å². The van der Waals surface area contributed by atoms with Crippen LogP contribution in [0.3, 0.4) is 0 Å². The van der Waals surface area contributed by atoms with Gasteiger partial charge in [-0.1, -0.05) is 12.1 Å². The van der Waals surface area contributed by atoms with Gasteiger partial charge in [0.1, 0.15) is 0 Å². The highest BCUT2D eigenvalue weighted by Crippen LogP contribution is 2.29. The van der Waals surface area contributed by atoms with Gasteiger partial charge in [-0.3, -0.25) is 0 Å². The van der Waals surface area contributed by atoms with Crippen LogP contribution in [-0.4, -0.2) is 18.1 Å². The number of nitrogens with one attached hydrogen (secondary N) is 1. The monoisotopic (exact) mass is 447 g/mol. The van der Waals surface area contributed by atoms with E-state index in [1.807, 2.05) is 0 Å². The van der Waals surface area contributed by atoms with E-state index in [1.165, 1.54) is 40.8 Å². The lowest BCUT2D eigenvalue weighted by atomic mass is 10.1. The van der Waals surface area contributed by atoms with Crippen molar-refractivity contribution in [2.45, 2.75) is 12.8 Å². The van der Waals surface area contributed by atoms with Crippen molar-refractivity contribution in [3.05, 3.63) is 57.5 Å². The average molecular weight is 447 g/mol. The Morgan fingerprint density at radius 2 is 1.67 bits per heavy atom. The molecule has 24 heavy (non-hydrogen) atoms. The first-order valence-electron chi connectivity index (χ1n) is 8.11. The minimum Gasteiger partial charge on any atom is -0.372 e. The summed E-state index contributed by atoms with van der Waals surface area (Å²) in [6.45, 7) is 2.36. The van der Waals surface area contributed by atoms with Crippen LogP contribution in [0.5, 0.6) is 0 Å². The molecular weight excluding hydrogens is 429 g/mol. The molecule has 0 bridgehead atoms. The molecule has 2 heterocycles. The summed E-state index contributed by atoms with van der Waals surface area (Å²) < 4.78 is 1.23. The van der Waals surface area contributed by atoms with Crippen molar-refractivity contribution >= 4 is 50.4 Å². The Hall–Kier alpha value is -1.60. The Labute approximate surface area is 159 Å². The highest BCUT2D eigenvalue weighted by Gasteiger charge is 2.12. The Balaban J connectivity index is 1.48. The predicted octanol–water partition coefficient (Wildman–Crippen LogP) is 5.76. The zero-order valence-corrected chi connectivity index (χ0v) is 16.2. The molecule has 2 aromatic carbocycles. The van der Waals surface area contributed by atoms with E-state index < -0.39 is 0 Å².